The minimum Gasteiger partial charge on any atom is -0.367 e. The van der Waals surface area contributed by atoms with E-state index in [4.69, 9.17) is 0 Å². The molecule has 152 valence electrons. The molecule has 0 aliphatic carbocycles. The molecule has 2 N–H and O–H groups in total. The Kier molecular flexibility index (Phi) is 7.90. The van der Waals surface area contributed by atoms with E-state index in [0.29, 0.717) is 24.7 Å². The Bertz CT molecular complexity index is 847. The van der Waals surface area contributed by atoms with Gasteiger partial charge in [0.25, 0.3) is 0 Å². The van der Waals surface area contributed by atoms with Crippen molar-refractivity contribution in [3.63, 3.8) is 0 Å². The van der Waals surface area contributed by atoms with E-state index >= 15 is 0 Å². The molecule has 4 nitrogen and oxygen atoms in total. The van der Waals surface area contributed by atoms with Gasteiger partial charge in [0, 0.05) is 44.4 Å². The van der Waals surface area contributed by atoms with Crippen LogP contribution < -0.4 is 15.5 Å². The number of hydrogen-bond donors (Lipinski definition) is 2. The van der Waals surface area contributed by atoms with Crippen LogP contribution in [0.5, 0.6) is 0 Å². The van der Waals surface area contributed by atoms with Crippen LogP contribution >= 0.6 is 24.0 Å². The average molecular weight is 508 g/mol. The highest BCUT2D eigenvalue weighted by molar-refractivity contribution is 14.0. The fourth-order valence-electron chi connectivity index (χ4n) is 3.08. The van der Waals surface area contributed by atoms with Crippen LogP contribution in [0.4, 0.5) is 23.2 Å². The van der Waals surface area contributed by atoms with Gasteiger partial charge in [0.05, 0.1) is 5.69 Å². The predicted molar refractivity (Wildman–Crippen MR) is 112 cm³/mol. The van der Waals surface area contributed by atoms with Crippen molar-refractivity contribution in [2.75, 3.05) is 25.0 Å². The summed E-state index contributed by atoms with van der Waals surface area (Å²) in [4.78, 5) is 5.91. The van der Waals surface area contributed by atoms with Gasteiger partial charge in [-0.05, 0) is 36.8 Å². The Morgan fingerprint density at radius 2 is 1.79 bits per heavy atom. The monoisotopic (exact) mass is 508 g/mol. The van der Waals surface area contributed by atoms with Gasteiger partial charge in [0.1, 0.15) is 23.3 Å². The molecule has 1 aliphatic heterocycles. The number of nitrogens with zero attached hydrogens (tertiary/aromatic N) is 2. The zero-order valence-electron chi connectivity index (χ0n) is 15.2. The summed E-state index contributed by atoms with van der Waals surface area (Å²) in [6.07, 6.45) is 0.728. The molecule has 0 spiro atoms. The van der Waals surface area contributed by atoms with Crippen molar-refractivity contribution in [1.82, 2.24) is 10.6 Å². The van der Waals surface area contributed by atoms with E-state index in [1.807, 2.05) is 4.90 Å². The molecule has 0 amide bonds. The molecule has 1 aliphatic rings. The van der Waals surface area contributed by atoms with Crippen molar-refractivity contribution in [1.29, 1.82) is 0 Å². The van der Waals surface area contributed by atoms with Crippen LogP contribution in [0.2, 0.25) is 0 Å². The summed E-state index contributed by atoms with van der Waals surface area (Å²) in [6, 6.07) is 6.77. The van der Waals surface area contributed by atoms with Gasteiger partial charge in [-0.3, -0.25) is 4.99 Å². The number of hydrogen-bond acceptors (Lipinski definition) is 2. The van der Waals surface area contributed by atoms with Gasteiger partial charge in [-0.2, -0.15) is 0 Å². The van der Waals surface area contributed by atoms with Crippen LogP contribution in [0.15, 0.2) is 41.4 Å². The second-order valence-corrected chi connectivity index (χ2v) is 6.33. The van der Waals surface area contributed by atoms with Crippen LogP contribution in [-0.4, -0.2) is 32.1 Å². The molecular weight excluding hydrogens is 487 g/mol. The third kappa shape index (κ3) is 5.49. The number of guanidine groups is 1. The fraction of sp³-hybridized carbons (Fsp3) is 0.316. The molecule has 2 aromatic carbocycles. The largest absolute Gasteiger partial charge is 0.367 e. The molecule has 0 bridgehead atoms. The molecular formula is C19H21F4IN4. The standard InChI is InChI=1S/C19H20F4N4.HI/c1-24-19(25-10-12-8-13(20)2-4-16(12)22)26-15-6-7-27(11-15)18-5-3-14(21)9-17(18)23;/h2-5,8-9,15H,6-7,10-11H2,1H3,(H2,24,25,26);1H. The minimum atomic E-state index is -0.612. The maximum Gasteiger partial charge on any atom is 0.191 e. The summed E-state index contributed by atoms with van der Waals surface area (Å²) in [5.41, 5.74) is 0.546. The van der Waals surface area contributed by atoms with Crippen molar-refractivity contribution in [3.05, 3.63) is 65.2 Å². The first-order valence-corrected chi connectivity index (χ1v) is 8.57. The Morgan fingerprint density at radius 3 is 2.50 bits per heavy atom. The summed E-state index contributed by atoms with van der Waals surface area (Å²) in [7, 11) is 1.57. The highest BCUT2D eigenvalue weighted by Crippen LogP contribution is 2.24. The lowest BCUT2D eigenvalue weighted by atomic mass is 10.2. The lowest BCUT2D eigenvalue weighted by Gasteiger charge is -2.21. The molecule has 1 fully saturated rings. The van der Waals surface area contributed by atoms with Gasteiger partial charge in [0.15, 0.2) is 5.96 Å². The lowest BCUT2D eigenvalue weighted by Crippen LogP contribution is -2.44. The van der Waals surface area contributed by atoms with E-state index in [2.05, 4.69) is 15.6 Å². The maximum absolute atomic E-state index is 13.9. The highest BCUT2D eigenvalue weighted by Gasteiger charge is 2.25. The Balaban J connectivity index is 0.00000280. The van der Waals surface area contributed by atoms with Gasteiger partial charge < -0.3 is 15.5 Å². The number of aliphatic imine (C=N–C) groups is 1. The zero-order valence-corrected chi connectivity index (χ0v) is 17.5. The summed E-state index contributed by atoms with van der Waals surface area (Å²) in [6.45, 7) is 1.19. The Hall–Kier alpha value is -2.04. The van der Waals surface area contributed by atoms with Crippen molar-refractivity contribution < 1.29 is 17.6 Å². The molecule has 1 atom stereocenters. The number of halogens is 5. The first-order valence-electron chi connectivity index (χ1n) is 8.57. The van der Waals surface area contributed by atoms with Crippen LogP contribution in [-0.2, 0) is 6.54 Å². The first kappa shape index (κ1) is 22.3. The third-order valence-corrected chi connectivity index (χ3v) is 4.46. The van der Waals surface area contributed by atoms with Crippen molar-refractivity contribution in [2.45, 2.75) is 19.0 Å². The summed E-state index contributed by atoms with van der Waals surface area (Å²) in [5.74, 6) is -1.79. The van der Waals surface area contributed by atoms with Crippen molar-refractivity contribution >= 4 is 35.6 Å². The summed E-state index contributed by atoms with van der Waals surface area (Å²) < 4.78 is 53.9. The predicted octanol–water partition coefficient (Wildman–Crippen LogP) is 3.80. The molecule has 0 aromatic heterocycles. The van der Waals surface area contributed by atoms with Crippen molar-refractivity contribution in [3.8, 4) is 0 Å². The first-order chi connectivity index (χ1) is 13.0. The summed E-state index contributed by atoms with van der Waals surface area (Å²) in [5, 5.41) is 6.13. The van der Waals surface area contributed by atoms with Gasteiger partial charge in [-0.1, -0.05) is 0 Å². The SMILES string of the molecule is CN=C(NCc1cc(F)ccc1F)NC1CCN(c2ccc(F)cc2F)C1.I. The summed E-state index contributed by atoms with van der Waals surface area (Å²) >= 11 is 0. The molecule has 0 radical (unpaired) electrons. The van der Waals surface area contributed by atoms with Gasteiger partial charge in [0.2, 0.25) is 0 Å². The van der Waals surface area contributed by atoms with E-state index in [1.54, 1.807) is 7.05 Å². The van der Waals surface area contributed by atoms with Crippen LogP contribution in [0, 0.1) is 23.3 Å². The molecule has 28 heavy (non-hydrogen) atoms. The van der Waals surface area contributed by atoms with E-state index in [1.165, 1.54) is 12.1 Å². The third-order valence-electron chi connectivity index (χ3n) is 4.46. The smallest absolute Gasteiger partial charge is 0.191 e. The second kappa shape index (κ2) is 9.94. The van der Waals surface area contributed by atoms with Crippen LogP contribution in [0.1, 0.15) is 12.0 Å². The Labute approximate surface area is 178 Å². The van der Waals surface area contributed by atoms with Gasteiger partial charge in [-0.15, -0.1) is 24.0 Å². The van der Waals surface area contributed by atoms with Gasteiger partial charge >= 0.3 is 0 Å². The van der Waals surface area contributed by atoms with E-state index < -0.39 is 23.3 Å². The number of rotatable bonds is 4. The number of nitrogens with one attached hydrogen (secondary N) is 2. The van der Waals surface area contributed by atoms with Gasteiger partial charge in [-0.25, -0.2) is 17.6 Å². The Morgan fingerprint density at radius 1 is 1.07 bits per heavy atom. The minimum absolute atomic E-state index is 0. The van der Waals surface area contributed by atoms with E-state index in [9.17, 15) is 17.6 Å². The highest BCUT2D eigenvalue weighted by atomic mass is 127. The molecule has 2 aromatic rings. The fourth-order valence-corrected chi connectivity index (χ4v) is 3.08. The van der Waals surface area contributed by atoms with Crippen LogP contribution in [0.3, 0.4) is 0 Å². The zero-order chi connectivity index (χ0) is 19.4. The molecule has 0 saturated carbocycles. The normalized spacial score (nSPS) is 16.7. The van der Waals surface area contributed by atoms with E-state index in [0.717, 1.165) is 30.7 Å². The molecule has 1 heterocycles. The van der Waals surface area contributed by atoms with Crippen molar-refractivity contribution in [2.24, 2.45) is 4.99 Å². The number of anilines is 1. The number of benzene rings is 2. The molecule has 3 rings (SSSR count). The van der Waals surface area contributed by atoms with Crippen LogP contribution in [0.25, 0.3) is 0 Å². The second-order valence-electron chi connectivity index (χ2n) is 6.33. The quantitative estimate of drug-likeness (QED) is 0.286. The lowest BCUT2D eigenvalue weighted by molar-refractivity contribution is 0.578. The van der Waals surface area contributed by atoms with E-state index in [-0.39, 0.29) is 42.1 Å². The topological polar surface area (TPSA) is 39.7 Å². The molecule has 1 unspecified atom stereocenters. The molecule has 1 saturated heterocycles. The maximum atomic E-state index is 13.9. The average Bonchev–Trinajstić information content (AvgIpc) is 3.09. The molecule has 9 heteroatoms.